The van der Waals surface area contributed by atoms with Crippen LogP contribution in [-0.4, -0.2) is 37.5 Å². The van der Waals surface area contributed by atoms with Crippen molar-refractivity contribution in [3.05, 3.63) is 88.5 Å². The fourth-order valence-corrected chi connectivity index (χ4v) is 5.30. The third kappa shape index (κ3) is 3.50. The second-order valence-electron chi connectivity index (χ2n) is 8.66. The molecule has 0 spiro atoms. The molecule has 2 heterocycles. The van der Waals surface area contributed by atoms with Crippen LogP contribution in [-0.2, 0) is 17.6 Å². The zero-order valence-electron chi connectivity index (χ0n) is 19.6. The number of carbonyl (C=O) groups is 2. The quantitative estimate of drug-likeness (QED) is 0.602. The van der Waals surface area contributed by atoms with E-state index < -0.39 is 12.0 Å². The number of amides is 2. The largest absolute Gasteiger partial charge is 0.493 e. The van der Waals surface area contributed by atoms with Crippen molar-refractivity contribution in [1.82, 2.24) is 4.90 Å². The van der Waals surface area contributed by atoms with Gasteiger partial charge < -0.3 is 19.7 Å². The van der Waals surface area contributed by atoms with E-state index in [1.807, 2.05) is 65.6 Å². The van der Waals surface area contributed by atoms with Crippen LogP contribution in [0.1, 0.15) is 51.5 Å². The summed E-state index contributed by atoms with van der Waals surface area (Å²) in [7, 11) is 3.21. The highest BCUT2D eigenvalue weighted by atomic mass is 16.5. The molecule has 0 unspecified atom stereocenters. The molecule has 0 aromatic heterocycles. The maximum Gasteiger partial charge on any atom is 0.254 e. The highest BCUT2D eigenvalue weighted by Crippen LogP contribution is 2.48. The summed E-state index contributed by atoms with van der Waals surface area (Å²) in [5.41, 5.74) is 5.21. The molecule has 2 atom stereocenters. The lowest BCUT2D eigenvalue weighted by atomic mass is 9.75. The van der Waals surface area contributed by atoms with E-state index in [1.54, 1.807) is 14.2 Å². The van der Waals surface area contributed by atoms with Crippen LogP contribution in [0.15, 0.2) is 60.7 Å². The molecule has 2 aliphatic rings. The van der Waals surface area contributed by atoms with Crippen LogP contribution in [0.25, 0.3) is 0 Å². The average molecular weight is 457 g/mol. The van der Waals surface area contributed by atoms with Crippen molar-refractivity contribution in [2.45, 2.75) is 31.7 Å². The highest BCUT2D eigenvalue weighted by molar-refractivity contribution is 6.04. The van der Waals surface area contributed by atoms with E-state index in [0.29, 0.717) is 30.0 Å². The summed E-state index contributed by atoms with van der Waals surface area (Å²) in [5, 5.41) is 3.17. The van der Waals surface area contributed by atoms with Crippen molar-refractivity contribution in [1.29, 1.82) is 0 Å². The standard InChI is InChI=1S/C28H28N2O4/c1-4-17-9-5-8-12-22(17)29-27(31)25-19-10-6-7-11-20(19)28(32)30-14-13-18-15-23(33-2)24(34-3)16-21(18)26(25)30/h5-12,15-16,25-26H,4,13-14H2,1-3H3,(H,29,31)/t25-,26+/m0/s1. The van der Waals surface area contributed by atoms with Crippen LogP contribution < -0.4 is 14.8 Å². The molecule has 0 saturated heterocycles. The molecule has 3 aromatic rings. The highest BCUT2D eigenvalue weighted by Gasteiger charge is 2.46. The molecular formula is C28H28N2O4. The molecule has 0 aliphatic carbocycles. The average Bonchev–Trinajstić information content (AvgIpc) is 2.88. The number of nitrogens with zero attached hydrogens (tertiary/aromatic N) is 1. The number of nitrogens with one attached hydrogen (secondary N) is 1. The first-order chi connectivity index (χ1) is 16.6. The first-order valence-electron chi connectivity index (χ1n) is 11.6. The van der Waals surface area contributed by atoms with E-state index in [-0.39, 0.29) is 11.8 Å². The number of carbonyl (C=O) groups excluding carboxylic acids is 2. The predicted octanol–water partition coefficient (Wildman–Crippen LogP) is 4.74. The SMILES string of the molecule is CCc1ccccc1NC(=O)[C@H]1c2ccccc2C(=O)N2CCc3cc(OC)c(OC)cc3[C@H]12. The number of fused-ring (bicyclic) bond motifs is 4. The van der Waals surface area contributed by atoms with E-state index in [9.17, 15) is 9.59 Å². The summed E-state index contributed by atoms with van der Waals surface area (Å²) in [6.07, 6.45) is 1.50. The van der Waals surface area contributed by atoms with Gasteiger partial charge in [-0.2, -0.15) is 0 Å². The van der Waals surface area contributed by atoms with E-state index in [1.165, 1.54) is 0 Å². The maximum absolute atomic E-state index is 13.9. The number of rotatable bonds is 5. The van der Waals surface area contributed by atoms with Crippen molar-refractivity contribution in [3.8, 4) is 11.5 Å². The molecule has 0 radical (unpaired) electrons. The number of ether oxygens (including phenoxy) is 2. The van der Waals surface area contributed by atoms with Gasteiger partial charge in [0.1, 0.15) is 0 Å². The minimum atomic E-state index is -0.559. The summed E-state index contributed by atoms with van der Waals surface area (Å²) in [4.78, 5) is 29.3. The molecule has 0 bridgehead atoms. The van der Waals surface area contributed by atoms with Gasteiger partial charge in [0.15, 0.2) is 11.5 Å². The Kier molecular flexibility index (Phi) is 5.74. The fourth-order valence-electron chi connectivity index (χ4n) is 5.30. The molecule has 0 fully saturated rings. The van der Waals surface area contributed by atoms with Gasteiger partial charge in [-0.1, -0.05) is 43.3 Å². The first-order valence-corrected chi connectivity index (χ1v) is 11.6. The van der Waals surface area contributed by atoms with Crippen LogP contribution in [0.3, 0.4) is 0 Å². The third-order valence-corrected chi connectivity index (χ3v) is 6.96. The Hall–Kier alpha value is -3.80. The van der Waals surface area contributed by atoms with E-state index in [4.69, 9.17) is 9.47 Å². The molecule has 3 aromatic carbocycles. The Morgan fingerprint density at radius 3 is 2.47 bits per heavy atom. The first kappa shape index (κ1) is 22.0. The summed E-state index contributed by atoms with van der Waals surface area (Å²) in [5.74, 6) is 0.508. The number of benzene rings is 3. The summed E-state index contributed by atoms with van der Waals surface area (Å²) >= 11 is 0. The van der Waals surface area contributed by atoms with Crippen molar-refractivity contribution in [3.63, 3.8) is 0 Å². The van der Waals surface area contributed by atoms with Crippen LogP contribution >= 0.6 is 0 Å². The monoisotopic (exact) mass is 456 g/mol. The topological polar surface area (TPSA) is 67.9 Å². The molecule has 6 heteroatoms. The van der Waals surface area contributed by atoms with Gasteiger partial charge in [0.05, 0.1) is 26.2 Å². The molecule has 2 aliphatic heterocycles. The van der Waals surface area contributed by atoms with Gasteiger partial charge in [0.25, 0.3) is 5.91 Å². The Balaban J connectivity index is 1.66. The number of anilines is 1. The minimum absolute atomic E-state index is 0.0426. The van der Waals surface area contributed by atoms with Gasteiger partial charge in [0, 0.05) is 17.8 Å². The summed E-state index contributed by atoms with van der Waals surface area (Å²) in [6.45, 7) is 2.61. The number of hydrogen-bond acceptors (Lipinski definition) is 4. The smallest absolute Gasteiger partial charge is 0.254 e. The summed E-state index contributed by atoms with van der Waals surface area (Å²) in [6, 6.07) is 18.8. The van der Waals surface area contributed by atoms with Gasteiger partial charge in [-0.3, -0.25) is 9.59 Å². The predicted molar refractivity (Wildman–Crippen MR) is 131 cm³/mol. The zero-order valence-corrected chi connectivity index (χ0v) is 19.6. The van der Waals surface area contributed by atoms with Crippen molar-refractivity contribution in [2.24, 2.45) is 0 Å². The lowest BCUT2D eigenvalue weighted by Gasteiger charge is -2.45. The van der Waals surface area contributed by atoms with Gasteiger partial charge in [-0.15, -0.1) is 0 Å². The van der Waals surface area contributed by atoms with Crippen LogP contribution in [0.5, 0.6) is 11.5 Å². The normalized spacial score (nSPS) is 18.4. The van der Waals surface area contributed by atoms with Crippen molar-refractivity contribution >= 4 is 17.5 Å². The molecule has 5 rings (SSSR count). The number of hydrogen-bond donors (Lipinski definition) is 1. The second-order valence-corrected chi connectivity index (χ2v) is 8.66. The van der Waals surface area contributed by atoms with Gasteiger partial charge in [0.2, 0.25) is 5.91 Å². The van der Waals surface area contributed by atoms with Gasteiger partial charge in [-0.25, -0.2) is 0 Å². The number of para-hydroxylation sites is 1. The van der Waals surface area contributed by atoms with Crippen molar-refractivity contribution in [2.75, 3.05) is 26.1 Å². The molecule has 6 nitrogen and oxygen atoms in total. The molecule has 34 heavy (non-hydrogen) atoms. The second kappa shape index (κ2) is 8.86. The maximum atomic E-state index is 13.9. The van der Waals surface area contributed by atoms with E-state index in [0.717, 1.165) is 34.4 Å². The molecule has 1 N–H and O–H groups in total. The summed E-state index contributed by atoms with van der Waals surface area (Å²) < 4.78 is 11.1. The van der Waals surface area contributed by atoms with Crippen LogP contribution in [0.4, 0.5) is 5.69 Å². The van der Waals surface area contributed by atoms with E-state index in [2.05, 4.69) is 12.2 Å². The molecule has 2 amide bonds. The zero-order chi connectivity index (χ0) is 23.8. The Labute approximate surface area is 199 Å². The molecule has 174 valence electrons. The number of aryl methyl sites for hydroxylation is 1. The van der Waals surface area contributed by atoms with Gasteiger partial charge >= 0.3 is 0 Å². The lowest BCUT2D eigenvalue weighted by molar-refractivity contribution is -0.119. The van der Waals surface area contributed by atoms with Crippen molar-refractivity contribution < 1.29 is 19.1 Å². The lowest BCUT2D eigenvalue weighted by Crippen LogP contribution is -2.49. The van der Waals surface area contributed by atoms with Crippen LogP contribution in [0, 0.1) is 0 Å². The van der Waals surface area contributed by atoms with Gasteiger partial charge in [-0.05, 0) is 59.4 Å². The molecular weight excluding hydrogens is 428 g/mol. The molecule has 0 saturated carbocycles. The Morgan fingerprint density at radius 2 is 1.71 bits per heavy atom. The number of methoxy groups -OCH3 is 2. The minimum Gasteiger partial charge on any atom is -0.493 e. The third-order valence-electron chi connectivity index (χ3n) is 6.96. The van der Waals surface area contributed by atoms with Crippen LogP contribution in [0.2, 0.25) is 0 Å². The Morgan fingerprint density at radius 1 is 1.00 bits per heavy atom. The van der Waals surface area contributed by atoms with E-state index >= 15 is 0 Å². The Bertz CT molecular complexity index is 1270. The fraction of sp³-hybridized carbons (Fsp3) is 0.286.